The highest BCUT2D eigenvalue weighted by atomic mass is 16.5. The predicted octanol–water partition coefficient (Wildman–Crippen LogP) is 4.80. The molecule has 1 aliphatic heterocycles. The maximum Gasteiger partial charge on any atom is 0.262 e. The highest BCUT2D eigenvalue weighted by Gasteiger charge is 2.18. The van der Waals surface area contributed by atoms with Crippen molar-refractivity contribution in [1.29, 1.82) is 0 Å². The molecule has 1 fully saturated rings. The third kappa shape index (κ3) is 4.50. The standard InChI is InChI=1S/C24H27N3O2/c1-17-12-14-27(15-13-17)22-11-10-19-7-5-9-21(24(19)26-22)29-16-23(28)25-20-8-4-3-6-18(20)2/h3-11,17H,12-16H2,1-2H3,(H,25,28). The smallest absolute Gasteiger partial charge is 0.262 e. The number of ether oxygens (including phenoxy) is 1. The van der Waals surface area contributed by atoms with Crippen LogP contribution in [0.4, 0.5) is 11.5 Å². The van der Waals surface area contributed by atoms with Crippen molar-refractivity contribution >= 4 is 28.3 Å². The lowest BCUT2D eigenvalue weighted by Gasteiger charge is -2.31. The number of carbonyl (C=O) groups is 1. The van der Waals surface area contributed by atoms with Crippen LogP contribution in [0.1, 0.15) is 25.3 Å². The number of fused-ring (bicyclic) bond motifs is 1. The highest BCUT2D eigenvalue weighted by molar-refractivity contribution is 5.93. The zero-order chi connectivity index (χ0) is 20.2. The lowest BCUT2D eigenvalue weighted by molar-refractivity contribution is -0.118. The Kier molecular flexibility index (Phi) is 5.65. The van der Waals surface area contributed by atoms with E-state index in [4.69, 9.17) is 9.72 Å². The van der Waals surface area contributed by atoms with Gasteiger partial charge in [-0.2, -0.15) is 0 Å². The number of piperidine rings is 1. The van der Waals surface area contributed by atoms with Gasteiger partial charge in [-0.3, -0.25) is 4.79 Å². The number of nitrogens with zero attached hydrogens (tertiary/aromatic N) is 2. The molecule has 1 amide bonds. The molecule has 3 aromatic rings. The summed E-state index contributed by atoms with van der Waals surface area (Å²) in [6.45, 7) is 6.27. The van der Waals surface area contributed by atoms with Crippen molar-refractivity contribution in [1.82, 2.24) is 4.98 Å². The molecule has 0 unspecified atom stereocenters. The quantitative estimate of drug-likeness (QED) is 0.681. The van der Waals surface area contributed by atoms with Gasteiger partial charge in [0.25, 0.3) is 5.91 Å². The van der Waals surface area contributed by atoms with Crippen LogP contribution >= 0.6 is 0 Å². The molecule has 4 rings (SSSR count). The Bertz CT molecular complexity index is 1010. The number of hydrogen-bond donors (Lipinski definition) is 1. The Balaban J connectivity index is 1.49. The van der Waals surface area contributed by atoms with Gasteiger partial charge in [0, 0.05) is 24.2 Å². The number of para-hydroxylation sites is 2. The van der Waals surface area contributed by atoms with Crippen LogP contribution in [0.3, 0.4) is 0 Å². The van der Waals surface area contributed by atoms with E-state index in [2.05, 4.69) is 29.3 Å². The molecule has 5 nitrogen and oxygen atoms in total. The zero-order valence-electron chi connectivity index (χ0n) is 17.0. The van der Waals surface area contributed by atoms with Crippen LogP contribution in [-0.4, -0.2) is 30.6 Å². The second kappa shape index (κ2) is 8.52. The van der Waals surface area contributed by atoms with Crippen LogP contribution in [0.15, 0.2) is 54.6 Å². The van der Waals surface area contributed by atoms with Crippen molar-refractivity contribution in [2.24, 2.45) is 5.92 Å². The molecule has 2 heterocycles. The van der Waals surface area contributed by atoms with Gasteiger partial charge >= 0.3 is 0 Å². The molecule has 0 radical (unpaired) electrons. The van der Waals surface area contributed by atoms with Gasteiger partial charge in [-0.05, 0) is 55.5 Å². The van der Waals surface area contributed by atoms with Gasteiger partial charge in [0.15, 0.2) is 6.61 Å². The number of aromatic nitrogens is 1. The van der Waals surface area contributed by atoms with Crippen molar-refractivity contribution in [2.45, 2.75) is 26.7 Å². The van der Waals surface area contributed by atoms with Gasteiger partial charge in [0.05, 0.1) is 0 Å². The van der Waals surface area contributed by atoms with E-state index < -0.39 is 0 Å². The first-order valence-corrected chi connectivity index (χ1v) is 10.2. The lowest BCUT2D eigenvalue weighted by Crippen LogP contribution is -2.33. The van der Waals surface area contributed by atoms with E-state index >= 15 is 0 Å². The Morgan fingerprint density at radius 2 is 1.90 bits per heavy atom. The fraction of sp³-hybridized carbons (Fsp3) is 0.333. The van der Waals surface area contributed by atoms with Crippen molar-refractivity contribution < 1.29 is 9.53 Å². The third-order valence-corrected chi connectivity index (χ3v) is 5.55. The Hall–Kier alpha value is -3.08. The van der Waals surface area contributed by atoms with Crippen molar-refractivity contribution in [2.75, 3.05) is 29.9 Å². The lowest BCUT2D eigenvalue weighted by atomic mass is 9.99. The number of anilines is 2. The first kappa shape index (κ1) is 19.2. The summed E-state index contributed by atoms with van der Waals surface area (Å²) in [5, 5.41) is 3.91. The molecule has 0 saturated carbocycles. The van der Waals surface area contributed by atoms with Gasteiger partial charge in [-0.15, -0.1) is 0 Å². The second-order valence-electron chi connectivity index (χ2n) is 7.82. The number of pyridine rings is 1. The van der Waals surface area contributed by atoms with E-state index in [1.165, 1.54) is 12.8 Å². The Morgan fingerprint density at radius 1 is 1.10 bits per heavy atom. The number of aryl methyl sites for hydroxylation is 1. The number of nitrogens with one attached hydrogen (secondary N) is 1. The van der Waals surface area contributed by atoms with E-state index in [9.17, 15) is 4.79 Å². The number of hydrogen-bond acceptors (Lipinski definition) is 4. The van der Waals surface area contributed by atoms with Gasteiger partial charge in [0.2, 0.25) is 0 Å². The molecular weight excluding hydrogens is 362 g/mol. The number of amides is 1. The maximum atomic E-state index is 12.4. The summed E-state index contributed by atoms with van der Waals surface area (Å²) < 4.78 is 5.86. The molecule has 1 saturated heterocycles. The highest BCUT2D eigenvalue weighted by Crippen LogP contribution is 2.28. The fourth-order valence-corrected chi connectivity index (χ4v) is 3.68. The topological polar surface area (TPSA) is 54.5 Å². The van der Waals surface area contributed by atoms with E-state index in [1.807, 2.05) is 49.4 Å². The molecule has 0 bridgehead atoms. The molecule has 0 spiro atoms. The van der Waals surface area contributed by atoms with Gasteiger partial charge in [0.1, 0.15) is 17.1 Å². The summed E-state index contributed by atoms with van der Waals surface area (Å²) in [7, 11) is 0. The molecule has 0 atom stereocenters. The Labute approximate surface area is 171 Å². The van der Waals surface area contributed by atoms with E-state index in [-0.39, 0.29) is 12.5 Å². The molecule has 1 aliphatic rings. The van der Waals surface area contributed by atoms with Gasteiger partial charge in [-0.25, -0.2) is 4.98 Å². The molecule has 1 N–H and O–H groups in total. The number of benzene rings is 2. The third-order valence-electron chi connectivity index (χ3n) is 5.55. The summed E-state index contributed by atoms with van der Waals surface area (Å²) in [5.41, 5.74) is 2.62. The van der Waals surface area contributed by atoms with Crippen LogP contribution in [0.2, 0.25) is 0 Å². The minimum Gasteiger partial charge on any atom is -0.481 e. The first-order valence-electron chi connectivity index (χ1n) is 10.2. The molecule has 29 heavy (non-hydrogen) atoms. The number of rotatable bonds is 5. The van der Waals surface area contributed by atoms with Crippen LogP contribution in [0, 0.1) is 12.8 Å². The average molecular weight is 389 g/mol. The molecule has 2 aromatic carbocycles. The molecular formula is C24H27N3O2. The van der Waals surface area contributed by atoms with Crippen LogP contribution in [0.25, 0.3) is 10.9 Å². The normalized spacial score (nSPS) is 14.8. The van der Waals surface area contributed by atoms with Crippen LogP contribution in [-0.2, 0) is 4.79 Å². The Morgan fingerprint density at radius 3 is 2.69 bits per heavy atom. The summed E-state index contributed by atoms with van der Waals surface area (Å²) in [6.07, 6.45) is 2.38. The van der Waals surface area contributed by atoms with E-state index in [0.717, 1.165) is 47.0 Å². The first-order chi connectivity index (χ1) is 14.1. The summed E-state index contributed by atoms with van der Waals surface area (Å²) in [6, 6.07) is 17.7. The monoisotopic (exact) mass is 389 g/mol. The number of carbonyl (C=O) groups excluding carboxylic acids is 1. The van der Waals surface area contributed by atoms with E-state index in [1.54, 1.807) is 0 Å². The predicted molar refractivity (Wildman–Crippen MR) is 118 cm³/mol. The summed E-state index contributed by atoms with van der Waals surface area (Å²) in [5.74, 6) is 2.20. The maximum absolute atomic E-state index is 12.4. The van der Waals surface area contributed by atoms with Crippen molar-refractivity contribution in [3.05, 3.63) is 60.2 Å². The minimum atomic E-state index is -0.183. The van der Waals surface area contributed by atoms with E-state index in [0.29, 0.717) is 5.75 Å². The average Bonchev–Trinajstić information content (AvgIpc) is 2.74. The van der Waals surface area contributed by atoms with Gasteiger partial charge < -0.3 is 15.0 Å². The molecule has 150 valence electrons. The summed E-state index contributed by atoms with van der Waals surface area (Å²) in [4.78, 5) is 19.6. The fourth-order valence-electron chi connectivity index (χ4n) is 3.68. The van der Waals surface area contributed by atoms with Crippen molar-refractivity contribution in [3.8, 4) is 5.75 Å². The van der Waals surface area contributed by atoms with Gasteiger partial charge in [-0.1, -0.05) is 37.3 Å². The van der Waals surface area contributed by atoms with Crippen LogP contribution in [0.5, 0.6) is 5.75 Å². The zero-order valence-corrected chi connectivity index (χ0v) is 17.0. The molecule has 0 aliphatic carbocycles. The summed E-state index contributed by atoms with van der Waals surface area (Å²) >= 11 is 0. The van der Waals surface area contributed by atoms with Crippen LogP contribution < -0.4 is 15.0 Å². The second-order valence-corrected chi connectivity index (χ2v) is 7.82. The minimum absolute atomic E-state index is 0.0550. The molecule has 1 aromatic heterocycles. The SMILES string of the molecule is Cc1ccccc1NC(=O)COc1cccc2ccc(N3CCC(C)CC3)nc12. The van der Waals surface area contributed by atoms with Crippen molar-refractivity contribution in [3.63, 3.8) is 0 Å². The largest absolute Gasteiger partial charge is 0.481 e. The molecule has 5 heteroatoms.